The van der Waals surface area contributed by atoms with Gasteiger partial charge in [0.2, 0.25) is 5.91 Å². The summed E-state index contributed by atoms with van der Waals surface area (Å²) in [5, 5.41) is 0. The van der Waals surface area contributed by atoms with Crippen LogP contribution in [0.3, 0.4) is 0 Å². The van der Waals surface area contributed by atoms with E-state index in [4.69, 9.17) is 0 Å². The molecule has 0 atom stereocenters. The number of carbonyl (C=O) groups is 2. The number of rotatable bonds is 6. The van der Waals surface area contributed by atoms with Gasteiger partial charge in [-0.15, -0.1) is 0 Å². The molecule has 25 heavy (non-hydrogen) atoms. The first kappa shape index (κ1) is 19.5. The van der Waals surface area contributed by atoms with E-state index < -0.39 is 0 Å². The molecular weight excluding hydrogens is 312 g/mol. The molecule has 2 rings (SSSR count). The van der Waals surface area contributed by atoms with Crippen molar-refractivity contribution in [3.8, 4) is 0 Å². The van der Waals surface area contributed by atoms with E-state index in [9.17, 15) is 9.59 Å². The summed E-state index contributed by atoms with van der Waals surface area (Å²) in [6, 6.07) is 5.89. The Hall–Kier alpha value is -1.84. The first-order valence-corrected chi connectivity index (χ1v) is 9.63. The van der Waals surface area contributed by atoms with E-state index in [2.05, 4.69) is 20.8 Å². The van der Waals surface area contributed by atoms with E-state index in [0.717, 1.165) is 49.9 Å². The number of carbonyl (C=O) groups excluding carboxylic acids is 2. The van der Waals surface area contributed by atoms with Crippen LogP contribution in [0.4, 0.5) is 0 Å². The van der Waals surface area contributed by atoms with Gasteiger partial charge in [-0.2, -0.15) is 0 Å². The molecule has 0 aromatic heterocycles. The van der Waals surface area contributed by atoms with Gasteiger partial charge in [0.1, 0.15) is 0 Å². The molecule has 4 nitrogen and oxygen atoms in total. The molecule has 1 heterocycles. The number of piperidine rings is 1. The summed E-state index contributed by atoms with van der Waals surface area (Å²) >= 11 is 0. The second kappa shape index (κ2) is 9.02. The van der Waals surface area contributed by atoms with Crippen molar-refractivity contribution in [2.24, 2.45) is 5.92 Å². The van der Waals surface area contributed by atoms with Gasteiger partial charge in [0.05, 0.1) is 0 Å². The average molecular weight is 344 g/mol. The smallest absolute Gasteiger partial charge is 0.253 e. The lowest BCUT2D eigenvalue weighted by atomic mass is 9.94. The molecule has 0 radical (unpaired) electrons. The fourth-order valence-corrected chi connectivity index (χ4v) is 3.52. The first-order valence-electron chi connectivity index (χ1n) is 9.63. The van der Waals surface area contributed by atoms with E-state index in [-0.39, 0.29) is 17.7 Å². The molecule has 138 valence electrons. The monoisotopic (exact) mass is 344 g/mol. The first-order chi connectivity index (χ1) is 12.0. The summed E-state index contributed by atoms with van der Waals surface area (Å²) in [5.74, 6) is 0.442. The normalized spacial score (nSPS) is 15.3. The van der Waals surface area contributed by atoms with Crippen LogP contribution >= 0.6 is 0 Å². The zero-order chi connectivity index (χ0) is 18.4. The Labute approximate surface area is 152 Å². The van der Waals surface area contributed by atoms with Gasteiger partial charge >= 0.3 is 0 Å². The zero-order valence-electron chi connectivity index (χ0n) is 16.2. The molecule has 1 aliphatic heterocycles. The molecule has 0 spiro atoms. The Morgan fingerprint density at radius 3 is 2.16 bits per heavy atom. The van der Waals surface area contributed by atoms with Gasteiger partial charge in [-0.25, -0.2) is 0 Å². The van der Waals surface area contributed by atoms with E-state index in [0.29, 0.717) is 13.1 Å². The van der Waals surface area contributed by atoms with Gasteiger partial charge in [-0.05, 0) is 62.8 Å². The minimum Gasteiger partial charge on any atom is -0.342 e. The zero-order valence-corrected chi connectivity index (χ0v) is 16.2. The second-order valence-corrected chi connectivity index (χ2v) is 7.19. The third kappa shape index (κ3) is 4.83. The Balaban J connectivity index is 1.95. The minimum absolute atomic E-state index is 0.0712. The van der Waals surface area contributed by atoms with Gasteiger partial charge in [-0.3, -0.25) is 9.59 Å². The Kier molecular flexibility index (Phi) is 7.03. The van der Waals surface area contributed by atoms with Crippen LogP contribution in [0.1, 0.15) is 61.0 Å². The van der Waals surface area contributed by atoms with Crippen molar-refractivity contribution in [2.45, 2.75) is 53.4 Å². The highest BCUT2D eigenvalue weighted by Crippen LogP contribution is 2.22. The quantitative estimate of drug-likeness (QED) is 0.787. The molecule has 0 aliphatic carbocycles. The fourth-order valence-electron chi connectivity index (χ4n) is 3.52. The highest BCUT2D eigenvalue weighted by atomic mass is 16.2. The van der Waals surface area contributed by atoms with Crippen molar-refractivity contribution in [3.05, 3.63) is 34.9 Å². The van der Waals surface area contributed by atoms with Crippen molar-refractivity contribution >= 4 is 11.8 Å². The molecular formula is C21H32N2O2. The third-order valence-corrected chi connectivity index (χ3v) is 5.18. The number of benzene rings is 1. The van der Waals surface area contributed by atoms with Crippen molar-refractivity contribution < 1.29 is 9.59 Å². The van der Waals surface area contributed by atoms with Gasteiger partial charge in [-0.1, -0.05) is 19.9 Å². The number of hydrogen-bond acceptors (Lipinski definition) is 2. The topological polar surface area (TPSA) is 40.6 Å². The summed E-state index contributed by atoms with van der Waals surface area (Å²) in [5.41, 5.74) is 3.10. The molecule has 1 aromatic carbocycles. The molecule has 1 fully saturated rings. The van der Waals surface area contributed by atoms with Crippen LogP contribution in [0.25, 0.3) is 0 Å². The molecule has 1 saturated heterocycles. The van der Waals surface area contributed by atoms with E-state index in [1.165, 1.54) is 5.56 Å². The summed E-state index contributed by atoms with van der Waals surface area (Å²) in [7, 11) is 0. The average Bonchev–Trinajstić information content (AvgIpc) is 2.63. The summed E-state index contributed by atoms with van der Waals surface area (Å²) < 4.78 is 0. The highest BCUT2D eigenvalue weighted by Gasteiger charge is 2.30. The number of aryl methyl sites for hydroxylation is 2. The lowest BCUT2D eigenvalue weighted by Gasteiger charge is -2.34. The Bertz CT molecular complexity index is 598. The Morgan fingerprint density at radius 1 is 1.04 bits per heavy atom. The lowest BCUT2D eigenvalue weighted by molar-refractivity contribution is -0.137. The lowest BCUT2D eigenvalue weighted by Crippen LogP contribution is -2.44. The number of hydrogen-bond donors (Lipinski definition) is 0. The van der Waals surface area contributed by atoms with Crippen LogP contribution < -0.4 is 0 Å². The molecule has 0 saturated carbocycles. The number of amides is 2. The second-order valence-electron chi connectivity index (χ2n) is 7.19. The summed E-state index contributed by atoms with van der Waals surface area (Å²) in [4.78, 5) is 29.3. The third-order valence-electron chi connectivity index (χ3n) is 5.18. The van der Waals surface area contributed by atoms with Crippen molar-refractivity contribution in [1.82, 2.24) is 9.80 Å². The van der Waals surface area contributed by atoms with Crippen LogP contribution in [-0.4, -0.2) is 47.8 Å². The number of nitrogens with zero attached hydrogens (tertiary/aromatic N) is 2. The van der Waals surface area contributed by atoms with Crippen molar-refractivity contribution in [2.75, 3.05) is 26.2 Å². The molecule has 0 N–H and O–H groups in total. The maximum absolute atomic E-state index is 12.7. The van der Waals surface area contributed by atoms with Crippen LogP contribution in [0.15, 0.2) is 18.2 Å². The highest BCUT2D eigenvalue weighted by molar-refractivity contribution is 5.94. The van der Waals surface area contributed by atoms with E-state index >= 15 is 0 Å². The molecule has 0 unspecified atom stereocenters. The van der Waals surface area contributed by atoms with Crippen LogP contribution in [0.5, 0.6) is 0 Å². The SMILES string of the molecule is CCCN(CCC)C(=O)C1CCN(C(=O)c2ccc(C)c(C)c2)CC1. The minimum atomic E-state index is 0.0712. The van der Waals surface area contributed by atoms with Crippen LogP contribution in [-0.2, 0) is 4.79 Å². The summed E-state index contributed by atoms with van der Waals surface area (Å²) in [6.07, 6.45) is 3.55. The van der Waals surface area contributed by atoms with Crippen molar-refractivity contribution in [3.63, 3.8) is 0 Å². The maximum Gasteiger partial charge on any atom is 0.253 e. The van der Waals surface area contributed by atoms with E-state index in [1.807, 2.05) is 34.9 Å². The standard InChI is InChI=1S/C21H32N2O2/c1-5-11-22(12-6-2)20(24)18-9-13-23(14-10-18)21(25)19-8-7-16(3)17(4)15-19/h7-8,15,18H,5-6,9-14H2,1-4H3. The van der Waals surface area contributed by atoms with Gasteiger partial charge in [0.25, 0.3) is 5.91 Å². The molecule has 0 bridgehead atoms. The molecule has 4 heteroatoms. The van der Waals surface area contributed by atoms with Gasteiger partial charge < -0.3 is 9.80 Å². The largest absolute Gasteiger partial charge is 0.342 e. The molecule has 1 aromatic rings. The van der Waals surface area contributed by atoms with Crippen LogP contribution in [0, 0.1) is 19.8 Å². The maximum atomic E-state index is 12.7. The van der Waals surface area contributed by atoms with Gasteiger partial charge in [0, 0.05) is 37.7 Å². The molecule has 2 amide bonds. The number of likely N-dealkylation sites (tertiary alicyclic amines) is 1. The predicted molar refractivity (Wildman–Crippen MR) is 102 cm³/mol. The van der Waals surface area contributed by atoms with Crippen LogP contribution in [0.2, 0.25) is 0 Å². The summed E-state index contributed by atoms with van der Waals surface area (Å²) in [6.45, 7) is 11.3. The molecule has 1 aliphatic rings. The van der Waals surface area contributed by atoms with E-state index in [1.54, 1.807) is 0 Å². The van der Waals surface area contributed by atoms with Crippen molar-refractivity contribution in [1.29, 1.82) is 0 Å². The fraction of sp³-hybridized carbons (Fsp3) is 0.619. The predicted octanol–water partition coefficient (Wildman–Crippen LogP) is 3.80. The Morgan fingerprint density at radius 2 is 1.64 bits per heavy atom. The van der Waals surface area contributed by atoms with Gasteiger partial charge in [0.15, 0.2) is 0 Å².